The molecular formula is C20H28F2N4OS. The van der Waals surface area contributed by atoms with Gasteiger partial charge in [0.05, 0.1) is 0 Å². The van der Waals surface area contributed by atoms with Crippen LogP contribution in [0.2, 0.25) is 0 Å². The summed E-state index contributed by atoms with van der Waals surface area (Å²) >= 11 is 1.57. The first kappa shape index (κ1) is 21.0. The summed E-state index contributed by atoms with van der Waals surface area (Å²) in [5.41, 5.74) is 1.57. The molecule has 8 heteroatoms. The fourth-order valence-corrected chi connectivity index (χ4v) is 4.23. The fourth-order valence-electron chi connectivity index (χ4n) is 3.48. The normalized spacial score (nSPS) is 21.1. The van der Waals surface area contributed by atoms with Crippen LogP contribution < -0.4 is 5.56 Å². The minimum Gasteiger partial charge on any atom is -0.372 e. The Labute approximate surface area is 168 Å². The van der Waals surface area contributed by atoms with E-state index >= 15 is 0 Å². The zero-order valence-electron chi connectivity index (χ0n) is 16.5. The standard InChI is InChI=1S/C20H28F2N4OS/c1-15-14-23-19(24-18(15)27)28-12-4-7-25-8-10-26(11-9-25)17-6-3-5-16(13-17)20(2,21)22/h3,5-6,14,16H,4,7-13H2,1-2H3,(H,23,24,27). The van der Waals surface area contributed by atoms with E-state index in [1.54, 1.807) is 37.0 Å². The Kier molecular flexibility index (Phi) is 6.93. The molecular weight excluding hydrogens is 382 g/mol. The average molecular weight is 411 g/mol. The molecule has 1 aromatic heterocycles. The molecule has 0 bridgehead atoms. The smallest absolute Gasteiger partial charge is 0.254 e. The number of H-pyrrole nitrogens is 1. The first-order valence-corrected chi connectivity index (χ1v) is 10.7. The molecule has 0 amide bonds. The molecule has 1 fully saturated rings. The van der Waals surface area contributed by atoms with E-state index in [0.717, 1.165) is 57.5 Å². The van der Waals surface area contributed by atoms with Crippen molar-refractivity contribution in [2.24, 2.45) is 5.92 Å². The summed E-state index contributed by atoms with van der Waals surface area (Å²) in [6.45, 7) is 7.38. The molecule has 154 valence electrons. The van der Waals surface area contributed by atoms with Crippen molar-refractivity contribution in [2.75, 3.05) is 38.5 Å². The van der Waals surface area contributed by atoms with Crippen LogP contribution in [0.4, 0.5) is 8.78 Å². The lowest BCUT2D eigenvalue weighted by molar-refractivity contribution is -0.0238. The van der Waals surface area contributed by atoms with Crippen molar-refractivity contribution in [2.45, 2.75) is 37.8 Å². The van der Waals surface area contributed by atoms with Gasteiger partial charge in [0.25, 0.3) is 11.5 Å². The van der Waals surface area contributed by atoms with Crippen molar-refractivity contribution in [1.82, 2.24) is 19.8 Å². The Balaban J connectivity index is 1.37. The van der Waals surface area contributed by atoms with Gasteiger partial charge in [0.15, 0.2) is 5.16 Å². The summed E-state index contributed by atoms with van der Waals surface area (Å²) in [6, 6.07) is 0. The van der Waals surface area contributed by atoms with Crippen molar-refractivity contribution >= 4 is 11.8 Å². The number of piperazine rings is 1. The molecule has 1 aliphatic carbocycles. The van der Waals surface area contributed by atoms with Gasteiger partial charge in [-0.3, -0.25) is 9.69 Å². The average Bonchev–Trinajstić information content (AvgIpc) is 2.68. The van der Waals surface area contributed by atoms with Gasteiger partial charge in [0, 0.05) is 55.3 Å². The van der Waals surface area contributed by atoms with Crippen LogP contribution in [0.25, 0.3) is 0 Å². The molecule has 1 aliphatic heterocycles. The van der Waals surface area contributed by atoms with Gasteiger partial charge < -0.3 is 9.88 Å². The number of aromatic amines is 1. The van der Waals surface area contributed by atoms with Crippen molar-refractivity contribution in [1.29, 1.82) is 0 Å². The number of rotatable bonds is 7. The number of allylic oxidation sites excluding steroid dienone is 4. The van der Waals surface area contributed by atoms with E-state index < -0.39 is 11.8 Å². The van der Waals surface area contributed by atoms with E-state index in [4.69, 9.17) is 0 Å². The van der Waals surface area contributed by atoms with Gasteiger partial charge in [0.1, 0.15) is 0 Å². The van der Waals surface area contributed by atoms with Gasteiger partial charge in [0.2, 0.25) is 0 Å². The van der Waals surface area contributed by atoms with Crippen molar-refractivity contribution < 1.29 is 8.78 Å². The second kappa shape index (κ2) is 9.22. The minimum absolute atomic E-state index is 0.0800. The number of nitrogens with one attached hydrogen (secondary N) is 1. The Morgan fingerprint density at radius 3 is 2.75 bits per heavy atom. The summed E-state index contributed by atoms with van der Waals surface area (Å²) < 4.78 is 27.2. The first-order chi connectivity index (χ1) is 13.3. The molecule has 5 nitrogen and oxygen atoms in total. The molecule has 0 radical (unpaired) electrons. The van der Waals surface area contributed by atoms with E-state index in [-0.39, 0.29) is 5.56 Å². The van der Waals surface area contributed by atoms with Crippen LogP contribution in [0, 0.1) is 12.8 Å². The van der Waals surface area contributed by atoms with Crippen molar-refractivity contribution in [3.05, 3.63) is 46.0 Å². The molecule has 1 N–H and O–H groups in total. The number of thioether (sulfide) groups is 1. The molecule has 2 aliphatic rings. The van der Waals surface area contributed by atoms with E-state index in [1.165, 1.54) is 0 Å². The second-order valence-electron chi connectivity index (χ2n) is 7.54. The quantitative estimate of drug-likeness (QED) is 0.425. The maximum Gasteiger partial charge on any atom is 0.254 e. The zero-order valence-corrected chi connectivity index (χ0v) is 17.3. The lowest BCUT2D eigenvalue weighted by atomic mass is 9.92. The fraction of sp³-hybridized carbons (Fsp3) is 0.600. The SMILES string of the molecule is Cc1cnc(SCCCN2CCN(C3=CC=CC(C(C)(F)F)C3)CC2)[nH]c1=O. The molecule has 2 heterocycles. The van der Waals surface area contributed by atoms with Crippen LogP contribution in [0.3, 0.4) is 0 Å². The van der Waals surface area contributed by atoms with Crippen LogP contribution in [0.1, 0.15) is 25.3 Å². The molecule has 1 atom stereocenters. The lowest BCUT2D eigenvalue weighted by Crippen LogP contribution is -2.46. The first-order valence-electron chi connectivity index (χ1n) is 9.74. The van der Waals surface area contributed by atoms with Gasteiger partial charge in [-0.1, -0.05) is 23.9 Å². The van der Waals surface area contributed by atoms with Gasteiger partial charge in [-0.2, -0.15) is 0 Å². The van der Waals surface area contributed by atoms with Crippen LogP contribution in [-0.4, -0.2) is 64.2 Å². The van der Waals surface area contributed by atoms with Crippen LogP contribution in [0.15, 0.2) is 40.1 Å². The highest BCUT2D eigenvalue weighted by Crippen LogP contribution is 2.34. The third-order valence-corrected chi connectivity index (χ3v) is 6.28. The molecule has 3 rings (SSSR count). The van der Waals surface area contributed by atoms with E-state index in [2.05, 4.69) is 19.8 Å². The number of halogens is 2. The highest BCUT2D eigenvalue weighted by molar-refractivity contribution is 7.99. The third kappa shape index (κ3) is 5.67. The van der Waals surface area contributed by atoms with Crippen LogP contribution in [0.5, 0.6) is 0 Å². The van der Waals surface area contributed by atoms with Gasteiger partial charge in [-0.15, -0.1) is 0 Å². The monoisotopic (exact) mass is 410 g/mol. The zero-order chi connectivity index (χ0) is 20.1. The molecule has 28 heavy (non-hydrogen) atoms. The number of hydrogen-bond donors (Lipinski definition) is 1. The summed E-state index contributed by atoms with van der Waals surface area (Å²) in [5, 5.41) is 0.667. The van der Waals surface area contributed by atoms with Gasteiger partial charge >= 0.3 is 0 Å². The third-order valence-electron chi connectivity index (χ3n) is 5.30. The Morgan fingerprint density at radius 1 is 1.32 bits per heavy atom. The number of aromatic nitrogens is 2. The van der Waals surface area contributed by atoms with Crippen LogP contribution >= 0.6 is 11.8 Å². The summed E-state index contributed by atoms with van der Waals surface area (Å²) in [4.78, 5) is 23.3. The Morgan fingerprint density at radius 2 is 2.07 bits per heavy atom. The molecule has 1 aromatic rings. The topological polar surface area (TPSA) is 52.2 Å². The molecule has 0 aromatic carbocycles. The predicted molar refractivity (Wildman–Crippen MR) is 109 cm³/mol. The minimum atomic E-state index is -2.67. The van der Waals surface area contributed by atoms with E-state index in [9.17, 15) is 13.6 Å². The van der Waals surface area contributed by atoms with Crippen LogP contribution in [-0.2, 0) is 0 Å². The lowest BCUT2D eigenvalue weighted by Gasteiger charge is -2.39. The van der Waals surface area contributed by atoms with Gasteiger partial charge in [-0.05, 0) is 39.3 Å². The Hall–Kier alpha value is -1.67. The highest BCUT2D eigenvalue weighted by atomic mass is 32.2. The second-order valence-corrected chi connectivity index (χ2v) is 8.62. The maximum atomic E-state index is 13.6. The van der Waals surface area contributed by atoms with E-state index in [0.29, 0.717) is 17.1 Å². The number of aryl methyl sites for hydroxylation is 1. The number of hydrogen-bond acceptors (Lipinski definition) is 5. The van der Waals surface area contributed by atoms with E-state index in [1.807, 2.05) is 6.08 Å². The number of nitrogens with zero attached hydrogens (tertiary/aromatic N) is 3. The predicted octanol–water partition coefficient (Wildman–Crippen LogP) is 3.29. The maximum absolute atomic E-state index is 13.6. The molecule has 1 unspecified atom stereocenters. The van der Waals surface area contributed by atoms with Crippen molar-refractivity contribution in [3.8, 4) is 0 Å². The highest BCUT2D eigenvalue weighted by Gasteiger charge is 2.34. The molecule has 1 saturated heterocycles. The number of alkyl halides is 2. The summed E-state index contributed by atoms with van der Waals surface area (Å²) in [7, 11) is 0. The van der Waals surface area contributed by atoms with Crippen molar-refractivity contribution in [3.63, 3.8) is 0 Å². The van der Waals surface area contributed by atoms with Gasteiger partial charge in [-0.25, -0.2) is 13.8 Å². The molecule has 0 spiro atoms. The summed E-state index contributed by atoms with van der Waals surface area (Å²) in [6.07, 6.45) is 8.40. The molecule has 0 saturated carbocycles. The summed E-state index contributed by atoms with van der Waals surface area (Å²) in [5.74, 6) is -2.48. The largest absolute Gasteiger partial charge is 0.372 e. The Bertz CT molecular complexity index is 779.